The maximum absolute atomic E-state index is 6.61. The van der Waals surface area contributed by atoms with Crippen molar-refractivity contribution < 1.29 is 8.83 Å². The number of fused-ring (bicyclic) bond motifs is 8. The van der Waals surface area contributed by atoms with Crippen LogP contribution < -0.4 is 4.90 Å². The van der Waals surface area contributed by atoms with Crippen molar-refractivity contribution in [1.29, 1.82) is 0 Å². The van der Waals surface area contributed by atoms with E-state index < -0.39 is 0 Å². The maximum Gasteiger partial charge on any atom is 0.228 e. The van der Waals surface area contributed by atoms with Crippen molar-refractivity contribution in [2.45, 2.75) is 0 Å². The number of benzene rings is 8. The molecule has 0 aliphatic heterocycles. The minimum Gasteiger partial charge on any atom is -0.456 e. The minimum absolute atomic E-state index is 0.586. The van der Waals surface area contributed by atoms with Crippen molar-refractivity contribution >= 4 is 92.4 Å². The van der Waals surface area contributed by atoms with Crippen LogP contribution in [0, 0.1) is 0 Å². The number of furan rings is 1. The Hall–Kier alpha value is -6.69. The van der Waals surface area contributed by atoms with Gasteiger partial charge in [0.2, 0.25) is 5.89 Å². The molecule has 52 heavy (non-hydrogen) atoms. The summed E-state index contributed by atoms with van der Waals surface area (Å²) in [4.78, 5) is 7.16. The average Bonchev–Trinajstić information content (AvgIpc) is 3.91. The molecule has 0 amide bonds. The first kappa shape index (κ1) is 29.1. The maximum atomic E-state index is 6.61. The zero-order valence-corrected chi connectivity index (χ0v) is 28.6. The number of para-hydroxylation sites is 2. The lowest BCUT2D eigenvalue weighted by Crippen LogP contribution is -2.09. The van der Waals surface area contributed by atoms with Crippen molar-refractivity contribution in [3.05, 3.63) is 170 Å². The molecule has 0 unspecified atom stereocenters. The Labute approximate surface area is 302 Å². The molecule has 0 N–H and O–H groups in total. The summed E-state index contributed by atoms with van der Waals surface area (Å²) in [5.74, 6) is 0.586. The number of hydrogen-bond acceptors (Lipinski definition) is 5. The van der Waals surface area contributed by atoms with Gasteiger partial charge in [-0.2, -0.15) is 0 Å². The highest BCUT2D eigenvalue weighted by Gasteiger charge is 2.20. The molecule has 11 rings (SSSR count). The molecule has 0 spiro atoms. The molecular weight excluding hydrogens is 657 g/mol. The van der Waals surface area contributed by atoms with Crippen molar-refractivity contribution in [2.24, 2.45) is 0 Å². The van der Waals surface area contributed by atoms with Gasteiger partial charge in [-0.15, -0.1) is 11.3 Å². The largest absolute Gasteiger partial charge is 0.456 e. The summed E-state index contributed by atoms with van der Waals surface area (Å²) >= 11 is 1.83. The van der Waals surface area contributed by atoms with Crippen LogP contribution in [0.4, 0.5) is 17.1 Å². The van der Waals surface area contributed by atoms with Crippen LogP contribution in [-0.4, -0.2) is 4.98 Å². The molecule has 0 fully saturated rings. The number of rotatable bonds is 5. The van der Waals surface area contributed by atoms with Crippen LogP contribution >= 0.6 is 11.3 Å². The molecule has 0 saturated carbocycles. The molecule has 0 radical (unpaired) electrons. The predicted molar refractivity (Wildman–Crippen MR) is 217 cm³/mol. The summed E-state index contributed by atoms with van der Waals surface area (Å²) in [6, 6.07) is 59.9. The van der Waals surface area contributed by atoms with Crippen molar-refractivity contribution in [1.82, 2.24) is 4.98 Å². The third-order valence-corrected chi connectivity index (χ3v) is 11.2. The fourth-order valence-electron chi connectivity index (χ4n) is 7.60. The van der Waals surface area contributed by atoms with Gasteiger partial charge in [0.15, 0.2) is 5.58 Å². The fourth-order valence-corrected chi connectivity index (χ4v) is 8.69. The minimum atomic E-state index is 0.586. The monoisotopic (exact) mass is 684 g/mol. The normalized spacial score (nSPS) is 11.8. The Bertz CT molecular complexity index is 3120. The van der Waals surface area contributed by atoms with E-state index in [1.807, 2.05) is 47.7 Å². The highest BCUT2D eigenvalue weighted by molar-refractivity contribution is 7.25. The average molecular weight is 685 g/mol. The van der Waals surface area contributed by atoms with E-state index in [0.717, 1.165) is 55.7 Å². The summed E-state index contributed by atoms with van der Waals surface area (Å²) in [5.41, 5.74) is 9.66. The van der Waals surface area contributed by atoms with Crippen LogP contribution in [0.1, 0.15) is 0 Å². The van der Waals surface area contributed by atoms with Crippen molar-refractivity contribution in [3.8, 4) is 22.6 Å². The SMILES string of the molecule is c1ccc(-c2ccc3ccc(N(c4ccc5c(c4)oc4cccc(-c6nc7ccccc7o6)c45)c4ccc5sc6ccccc6c5c4)cc3c2)cc1. The van der Waals surface area contributed by atoms with Gasteiger partial charge in [0.05, 0.1) is 0 Å². The molecule has 0 atom stereocenters. The van der Waals surface area contributed by atoms with Gasteiger partial charge in [-0.3, -0.25) is 0 Å². The standard InChI is InChI=1S/C47H28N2O2S/c1-2-9-29(10-3-1)31-18-17-30-19-20-33(26-32(30)25-31)49(34-22-24-45-39(27-34)36-11-4-7-16-44(36)52-45)35-21-23-37-43(28-35)50-42-15-8-12-38(46(37)42)47-48-40-13-5-6-14-41(40)51-47/h1-28H. The van der Waals surface area contributed by atoms with Gasteiger partial charge in [0.25, 0.3) is 0 Å². The summed E-state index contributed by atoms with van der Waals surface area (Å²) in [7, 11) is 0. The van der Waals surface area contributed by atoms with Crippen molar-refractivity contribution in [3.63, 3.8) is 0 Å². The molecular formula is C47H28N2O2S. The second kappa shape index (κ2) is 11.4. The van der Waals surface area contributed by atoms with E-state index in [0.29, 0.717) is 5.89 Å². The smallest absolute Gasteiger partial charge is 0.228 e. The third kappa shape index (κ3) is 4.64. The zero-order valence-electron chi connectivity index (χ0n) is 27.8. The highest BCUT2D eigenvalue weighted by atomic mass is 32.1. The third-order valence-electron chi connectivity index (χ3n) is 10.1. The fraction of sp³-hybridized carbons (Fsp3) is 0. The topological polar surface area (TPSA) is 42.4 Å². The first-order valence-electron chi connectivity index (χ1n) is 17.4. The first-order chi connectivity index (χ1) is 25.7. The Morgan fingerprint density at radius 1 is 0.442 bits per heavy atom. The number of hydrogen-bond donors (Lipinski definition) is 0. The van der Waals surface area contributed by atoms with Crippen LogP contribution in [0.15, 0.2) is 179 Å². The van der Waals surface area contributed by atoms with E-state index in [1.165, 1.54) is 42.1 Å². The lowest BCUT2D eigenvalue weighted by atomic mass is 10.0. The molecule has 11 aromatic rings. The number of nitrogens with zero attached hydrogens (tertiary/aromatic N) is 2. The summed E-state index contributed by atoms with van der Waals surface area (Å²) in [6.45, 7) is 0. The lowest BCUT2D eigenvalue weighted by molar-refractivity contribution is 0.620. The van der Waals surface area contributed by atoms with Crippen LogP contribution in [0.2, 0.25) is 0 Å². The molecule has 3 heterocycles. The van der Waals surface area contributed by atoms with E-state index in [1.54, 1.807) is 0 Å². The van der Waals surface area contributed by atoms with Crippen LogP contribution in [0.3, 0.4) is 0 Å². The molecule has 244 valence electrons. The van der Waals surface area contributed by atoms with E-state index in [2.05, 4.69) is 138 Å². The highest BCUT2D eigenvalue weighted by Crippen LogP contribution is 2.44. The molecule has 0 aliphatic carbocycles. The summed E-state index contributed by atoms with van der Waals surface area (Å²) in [6.07, 6.45) is 0. The predicted octanol–water partition coefficient (Wildman–Crippen LogP) is 14.1. The first-order valence-corrected chi connectivity index (χ1v) is 18.2. The molecule has 8 aromatic carbocycles. The Morgan fingerprint density at radius 2 is 1.19 bits per heavy atom. The number of aromatic nitrogens is 1. The summed E-state index contributed by atoms with van der Waals surface area (Å²) < 4.78 is 15.4. The quantitative estimate of drug-likeness (QED) is 0.181. The molecule has 0 saturated heterocycles. The van der Waals surface area contributed by atoms with E-state index in [9.17, 15) is 0 Å². The number of oxazole rings is 1. The lowest BCUT2D eigenvalue weighted by Gasteiger charge is -2.26. The Morgan fingerprint density at radius 3 is 2.13 bits per heavy atom. The van der Waals surface area contributed by atoms with Gasteiger partial charge >= 0.3 is 0 Å². The van der Waals surface area contributed by atoms with Gasteiger partial charge in [-0.05, 0) is 101 Å². The molecule has 0 bridgehead atoms. The van der Waals surface area contributed by atoms with Crippen molar-refractivity contribution in [2.75, 3.05) is 4.90 Å². The Balaban J connectivity index is 1.11. The summed E-state index contributed by atoms with van der Waals surface area (Å²) in [5, 5.41) is 6.91. The van der Waals surface area contributed by atoms with Gasteiger partial charge in [-0.25, -0.2) is 4.98 Å². The van der Waals surface area contributed by atoms with Gasteiger partial charge in [0, 0.05) is 59.6 Å². The van der Waals surface area contributed by atoms with E-state index in [-0.39, 0.29) is 0 Å². The molecule has 0 aliphatic rings. The number of anilines is 3. The van der Waals surface area contributed by atoms with E-state index >= 15 is 0 Å². The second-order valence-corrected chi connectivity index (χ2v) is 14.3. The zero-order chi connectivity index (χ0) is 34.2. The van der Waals surface area contributed by atoms with Crippen LogP contribution in [0.5, 0.6) is 0 Å². The molecule has 3 aromatic heterocycles. The molecule has 4 nitrogen and oxygen atoms in total. The van der Waals surface area contributed by atoms with Gasteiger partial charge in [0.1, 0.15) is 16.7 Å². The number of thiophene rings is 1. The van der Waals surface area contributed by atoms with Gasteiger partial charge in [-0.1, -0.05) is 84.9 Å². The molecule has 5 heteroatoms. The van der Waals surface area contributed by atoms with Gasteiger partial charge < -0.3 is 13.7 Å². The van der Waals surface area contributed by atoms with Crippen LogP contribution in [0.25, 0.3) is 86.6 Å². The second-order valence-electron chi connectivity index (χ2n) is 13.2. The Kier molecular flexibility index (Phi) is 6.39. The van der Waals surface area contributed by atoms with Crippen LogP contribution in [-0.2, 0) is 0 Å². The van der Waals surface area contributed by atoms with E-state index in [4.69, 9.17) is 13.8 Å².